The molecule has 1 aliphatic rings. The molecular weight excluding hydrogens is 279 g/mol. The van der Waals surface area contributed by atoms with Crippen LogP contribution in [0.1, 0.15) is 6.23 Å². The molecule has 0 aliphatic carbocycles. The van der Waals surface area contributed by atoms with Gasteiger partial charge in [-0.05, 0) is 6.07 Å². The number of aromatic nitrogens is 2. The van der Waals surface area contributed by atoms with Crippen LogP contribution in [0.4, 0.5) is 4.39 Å². The third-order valence-electron chi connectivity index (χ3n) is 3.09. The Labute approximate surface area is 111 Å². The summed E-state index contributed by atoms with van der Waals surface area (Å²) in [6, 6.07) is 1.36. The Hall–Kier alpha value is -1.13. The van der Waals surface area contributed by atoms with Crippen LogP contribution in [-0.2, 0) is 4.74 Å². The highest BCUT2D eigenvalue weighted by molar-refractivity contribution is 7.71. The van der Waals surface area contributed by atoms with Crippen molar-refractivity contribution < 1.29 is 24.4 Å². The molecule has 1 fully saturated rings. The van der Waals surface area contributed by atoms with Crippen LogP contribution in [-0.4, -0.2) is 56.0 Å². The van der Waals surface area contributed by atoms with E-state index in [1.807, 2.05) is 0 Å². The predicted molar refractivity (Wildman–Crippen MR) is 63.8 cm³/mol. The first-order valence-corrected chi connectivity index (χ1v) is 5.89. The molecule has 0 radical (unpaired) electrons. The maximum absolute atomic E-state index is 13.1. The average molecular weight is 292 g/mol. The number of hydrogen-bond acceptors (Lipinski definition) is 6. The summed E-state index contributed by atoms with van der Waals surface area (Å²) in [4.78, 5) is 14.0. The van der Waals surface area contributed by atoms with Crippen molar-refractivity contribution >= 4 is 12.2 Å². The van der Waals surface area contributed by atoms with Crippen molar-refractivity contribution in [1.29, 1.82) is 0 Å². The minimum atomic E-state index is -2.31. The Morgan fingerprint density at radius 3 is 2.84 bits per heavy atom. The molecule has 2 heterocycles. The van der Waals surface area contributed by atoms with E-state index in [-0.39, 0.29) is 4.64 Å². The highest BCUT2D eigenvalue weighted by Gasteiger charge is 2.56. The summed E-state index contributed by atoms with van der Waals surface area (Å²) in [6.45, 7) is -1.95. The lowest BCUT2D eigenvalue weighted by molar-refractivity contribution is -0.121. The molecule has 4 N–H and O–H groups in total. The molecule has 1 aromatic heterocycles. The van der Waals surface area contributed by atoms with Crippen LogP contribution in [0.25, 0.3) is 0 Å². The molecule has 1 aromatic rings. The fourth-order valence-electron chi connectivity index (χ4n) is 2.03. The Kier molecular flexibility index (Phi) is 3.83. The molecule has 1 aliphatic heterocycles. The van der Waals surface area contributed by atoms with E-state index in [0.717, 1.165) is 4.57 Å². The quantitative estimate of drug-likeness (QED) is 0.524. The van der Waals surface area contributed by atoms with Crippen molar-refractivity contribution in [3.05, 3.63) is 27.4 Å². The monoisotopic (exact) mass is 292 g/mol. The number of nitrogens with one attached hydrogen (secondary N) is 1. The van der Waals surface area contributed by atoms with Crippen molar-refractivity contribution in [2.24, 2.45) is 0 Å². The number of alkyl halides is 1. The largest absolute Gasteiger partial charge is 0.394 e. The molecular formula is C10H13FN2O5S. The van der Waals surface area contributed by atoms with Crippen molar-refractivity contribution in [3.8, 4) is 0 Å². The van der Waals surface area contributed by atoms with Gasteiger partial charge in [0.25, 0.3) is 0 Å². The predicted octanol–water partition coefficient (Wildman–Crippen LogP) is -1.14. The zero-order valence-corrected chi connectivity index (χ0v) is 10.5. The summed E-state index contributed by atoms with van der Waals surface area (Å²) in [5.41, 5.74) is -3.02. The summed E-state index contributed by atoms with van der Waals surface area (Å²) in [6.07, 6.45) is -3.06. The fraction of sp³-hybridized carbons (Fsp3) is 0.600. The van der Waals surface area contributed by atoms with Crippen molar-refractivity contribution in [3.63, 3.8) is 0 Å². The van der Waals surface area contributed by atoms with E-state index in [1.54, 1.807) is 0 Å². The summed E-state index contributed by atoms with van der Waals surface area (Å²) in [7, 11) is 0. The molecule has 2 rings (SSSR count). The molecule has 7 nitrogen and oxygen atoms in total. The molecule has 1 saturated heterocycles. The lowest BCUT2D eigenvalue weighted by Crippen LogP contribution is -2.50. The first kappa shape index (κ1) is 14.3. The SMILES string of the molecule is O=c1[nH]c(=S)ccn1[C@@H]1O[C@H](CO)[C@H](O)C1(O)CF. The lowest BCUT2D eigenvalue weighted by atomic mass is 9.95. The zero-order valence-electron chi connectivity index (χ0n) is 9.69. The first-order valence-electron chi connectivity index (χ1n) is 5.48. The van der Waals surface area contributed by atoms with Gasteiger partial charge in [-0.1, -0.05) is 12.2 Å². The number of ether oxygens (including phenoxy) is 1. The first-order chi connectivity index (χ1) is 8.93. The number of halogens is 1. The van der Waals surface area contributed by atoms with Crippen LogP contribution < -0.4 is 5.69 Å². The number of hydrogen-bond donors (Lipinski definition) is 4. The van der Waals surface area contributed by atoms with Gasteiger partial charge < -0.3 is 20.1 Å². The maximum atomic E-state index is 13.1. The van der Waals surface area contributed by atoms with Crippen LogP contribution >= 0.6 is 12.2 Å². The second-order valence-electron chi connectivity index (χ2n) is 4.30. The summed E-state index contributed by atoms with van der Waals surface area (Å²) >= 11 is 4.75. The fourth-order valence-corrected chi connectivity index (χ4v) is 2.18. The van der Waals surface area contributed by atoms with Gasteiger partial charge >= 0.3 is 5.69 Å². The Morgan fingerprint density at radius 1 is 1.63 bits per heavy atom. The van der Waals surface area contributed by atoms with Crippen molar-refractivity contribution in [2.45, 2.75) is 24.0 Å². The van der Waals surface area contributed by atoms with E-state index in [9.17, 15) is 19.4 Å². The molecule has 106 valence electrons. The molecule has 1 unspecified atom stereocenters. The van der Waals surface area contributed by atoms with Gasteiger partial charge in [0.1, 0.15) is 23.5 Å². The Morgan fingerprint density at radius 2 is 2.32 bits per heavy atom. The summed E-state index contributed by atoms with van der Waals surface area (Å²) in [5, 5.41) is 28.9. The average Bonchev–Trinajstić information content (AvgIpc) is 2.63. The molecule has 0 amide bonds. The molecule has 0 spiro atoms. The number of aliphatic hydroxyl groups is 3. The van der Waals surface area contributed by atoms with Crippen molar-refractivity contribution in [1.82, 2.24) is 9.55 Å². The van der Waals surface area contributed by atoms with Crippen LogP contribution in [0.15, 0.2) is 17.1 Å². The molecule has 0 saturated carbocycles. The zero-order chi connectivity index (χ0) is 14.2. The van der Waals surface area contributed by atoms with E-state index >= 15 is 0 Å². The highest BCUT2D eigenvalue weighted by Crippen LogP contribution is 2.37. The number of nitrogens with zero attached hydrogens (tertiary/aromatic N) is 1. The van der Waals surface area contributed by atoms with E-state index in [0.29, 0.717) is 0 Å². The van der Waals surface area contributed by atoms with Crippen molar-refractivity contribution in [2.75, 3.05) is 13.3 Å². The smallest absolute Gasteiger partial charge is 0.328 e. The number of aromatic amines is 1. The van der Waals surface area contributed by atoms with Gasteiger partial charge in [-0.3, -0.25) is 9.55 Å². The van der Waals surface area contributed by atoms with E-state index in [2.05, 4.69) is 4.98 Å². The third kappa shape index (κ3) is 2.23. The topological polar surface area (TPSA) is 108 Å². The van der Waals surface area contributed by atoms with Gasteiger partial charge in [0.2, 0.25) is 0 Å². The van der Waals surface area contributed by atoms with Gasteiger partial charge in [0, 0.05) is 6.20 Å². The number of aliphatic hydroxyl groups excluding tert-OH is 2. The molecule has 19 heavy (non-hydrogen) atoms. The van der Waals surface area contributed by atoms with Crippen LogP contribution in [0.5, 0.6) is 0 Å². The van der Waals surface area contributed by atoms with E-state index in [4.69, 9.17) is 22.1 Å². The van der Waals surface area contributed by atoms with Gasteiger partial charge in [0.15, 0.2) is 11.8 Å². The van der Waals surface area contributed by atoms with Crippen LogP contribution in [0, 0.1) is 4.64 Å². The Balaban J connectivity index is 2.48. The molecule has 0 aromatic carbocycles. The minimum Gasteiger partial charge on any atom is -0.394 e. The second kappa shape index (κ2) is 5.10. The molecule has 9 heteroatoms. The number of H-pyrrole nitrogens is 1. The third-order valence-corrected chi connectivity index (χ3v) is 3.33. The van der Waals surface area contributed by atoms with Gasteiger partial charge in [-0.15, -0.1) is 0 Å². The van der Waals surface area contributed by atoms with E-state index < -0.39 is 43.0 Å². The standard InChI is InChI=1S/C10H13FN2O5S/c11-4-10(17)7(15)5(3-14)18-8(10)13-2-1-6(19)12-9(13)16/h1-2,5,7-8,14-15,17H,3-4H2,(H,12,16,19)/t5-,7+,8-,10?/m1/s1. The lowest BCUT2D eigenvalue weighted by Gasteiger charge is -2.28. The highest BCUT2D eigenvalue weighted by atomic mass is 32.1. The normalized spacial score (nSPS) is 34.6. The molecule has 4 atom stereocenters. The van der Waals surface area contributed by atoms with Gasteiger partial charge in [0.05, 0.1) is 6.61 Å². The number of rotatable bonds is 3. The summed E-state index contributed by atoms with van der Waals surface area (Å²) < 4.78 is 19.3. The van der Waals surface area contributed by atoms with Crippen LogP contribution in [0.2, 0.25) is 0 Å². The second-order valence-corrected chi connectivity index (χ2v) is 4.74. The Bertz CT molecular complexity index is 576. The van der Waals surface area contributed by atoms with Crippen LogP contribution in [0.3, 0.4) is 0 Å². The summed E-state index contributed by atoms with van der Waals surface area (Å²) in [5.74, 6) is 0. The van der Waals surface area contributed by atoms with Gasteiger partial charge in [-0.2, -0.15) is 0 Å². The van der Waals surface area contributed by atoms with E-state index in [1.165, 1.54) is 12.3 Å². The maximum Gasteiger partial charge on any atom is 0.328 e. The molecule has 0 bridgehead atoms. The van der Waals surface area contributed by atoms with Gasteiger partial charge in [-0.25, -0.2) is 9.18 Å². The minimum absolute atomic E-state index is 0.169.